The molecule has 0 unspecified atom stereocenters. The quantitative estimate of drug-likeness (QED) is 0.663. The number of rotatable bonds is 1. The Morgan fingerprint density at radius 3 is 2.90 bits per heavy atom. The molecule has 1 nitrogen and oxygen atoms in total. The van der Waals surface area contributed by atoms with Crippen LogP contribution in [0.1, 0.15) is 12.5 Å². The molecule has 0 saturated heterocycles. The fourth-order valence-electron chi connectivity index (χ4n) is 0.728. The number of pyridine rings is 1. The molecule has 3 heteroatoms. The number of aryl methyl sites for hydroxylation is 1. The minimum absolute atomic E-state index is 0.541. The molecule has 0 bridgehead atoms. The number of aromatic nitrogens is 1. The van der Waals surface area contributed by atoms with Crippen molar-refractivity contribution in [3.05, 3.63) is 27.5 Å². The van der Waals surface area contributed by atoms with Crippen LogP contribution in [0.3, 0.4) is 0 Å². The molecule has 54 valence electrons. The molecule has 1 aromatic heterocycles. The average Bonchev–Trinajstić information content (AvgIpc) is 1.95. The van der Waals surface area contributed by atoms with Crippen molar-refractivity contribution in [1.29, 1.82) is 0 Å². The van der Waals surface area contributed by atoms with Crippen LogP contribution in [0, 0.1) is 0 Å². The van der Waals surface area contributed by atoms with Gasteiger partial charge in [0, 0.05) is 6.20 Å². The van der Waals surface area contributed by atoms with Gasteiger partial charge in [0.15, 0.2) is 0 Å². The smallest absolute Gasteiger partial charge is 0.143 e. The zero-order chi connectivity index (χ0) is 7.56. The largest absolute Gasteiger partial charge is 0.243 e. The monoisotopic (exact) mass is 219 g/mol. The minimum Gasteiger partial charge on any atom is -0.243 e. The predicted molar refractivity (Wildman–Crippen MR) is 46.3 cm³/mol. The Balaban J connectivity index is 3.14. The second-order valence-corrected chi connectivity index (χ2v) is 3.08. The van der Waals surface area contributed by atoms with Crippen LogP contribution >= 0.6 is 27.5 Å². The average molecular weight is 220 g/mol. The van der Waals surface area contributed by atoms with Gasteiger partial charge in [-0.05, 0) is 34.0 Å². The molecule has 0 aliphatic heterocycles. The lowest BCUT2D eigenvalue weighted by Gasteiger charge is -1.99. The topological polar surface area (TPSA) is 12.9 Å². The number of nitrogens with zero attached hydrogens (tertiary/aromatic N) is 1. The third-order valence-corrected chi connectivity index (χ3v) is 2.71. The Labute approximate surface area is 73.6 Å². The molecular weight excluding hydrogens is 213 g/mol. The van der Waals surface area contributed by atoms with Gasteiger partial charge in [0.1, 0.15) is 5.15 Å². The van der Waals surface area contributed by atoms with Gasteiger partial charge in [0.05, 0.1) is 4.47 Å². The molecule has 0 atom stereocenters. The molecule has 0 radical (unpaired) electrons. The lowest BCUT2D eigenvalue weighted by molar-refractivity contribution is 1.10. The summed E-state index contributed by atoms with van der Waals surface area (Å²) in [7, 11) is 0. The maximum absolute atomic E-state index is 5.73. The van der Waals surface area contributed by atoms with E-state index in [4.69, 9.17) is 11.6 Å². The van der Waals surface area contributed by atoms with Crippen LogP contribution in [0.2, 0.25) is 5.15 Å². The van der Waals surface area contributed by atoms with Crippen molar-refractivity contribution in [3.63, 3.8) is 0 Å². The highest BCUT2D eigenvalue weighted by atomic mass is 79.9. The van der Waals surface area contributed by atoms with E-state index in [0.717, 1.165) is 10.9 Å². The van der Waals surface area contributed by atoms with Crippen molar-refractivity contribution >= 4 is 27.5 Å². The van der Waals surface area contributed by atoms with E-state index in [9.17, 15) is 0 Å². The Morgan fingerprint density at radius 2 is 2.40 bits per heavy atom. The summed E-state index contributed by atoms with van der Waals surface area (Å²) < 4.78 is 0.916. The van der Waals surface area contributed by atoms with E-state index in [2.05, 4.69) is 27.8 Å². The van der Waals surface area contributed by atoms with Gasteiger partial charge in [-0.1, -0.05) is 18.5 Å². The van der Waals surface area contributed by atoms with Gasteiger partial charge < -0.3 is 0 Å². The number of hydrogen-bond donors (Lipinski definition) is 0. The summed E-state index contributed by atoms with van der Waals surface area (Å²) in [5, 5.41) is 0.541. The molecule has 0 aliphatic rings. The first-order valence-corrected chi connectivity index (χ1v) is 4.21. The number of halogens is 2. The van der Waals surface area contributed by atoms with Gasteiger partial charge in [0.25, 0.3) is 0 Å². The predicted octanol–water partition coefficient (Wildman–Crippen LogP) is 3.06. The molecule has 0 aliphatic carbocycles. The summed E-state index contributed by atoms with van der Waals surface area (Å²) in [5.74, 6) is 0. The second-order valence-electron chi connectivity index (χ2n) is 1.93. The van der Waals surface area contributed by atoms with Gasteiger partial charge in [-0.3, -0.25) is 0 Å². The van der Waals surface area contributed by atoms with E-state index in [1.54, 1.807) is 6.20 Å². The van der Waals surface area contributed by atoms with Crippen LogP contribution in [-0.4, -0.2) is 4.98 Å². The maximum atomic E-state index is 5.73. The highest BCUT2D eigenvalue weighted by Crippen LogP contribution is 2.23. The summed E-state index contributed by atoms with van der Waals surface area (Å²) >= 11 is 9.08. The highest BCUT2D eigenvalue weighted by molar-refractivity contribution is 9.10. The van der Waals surface area contributed by atoms with Crippen molar-refractivity contribution in [1.82, 2.24) is 4.98 Å². The van der Waals surface area contributed by atoms with Crippen molar-refractivity contribution in [2.45, 2.75) is 13.3 Å². The van der Waals surface area contributed by atoms with Gasteiger partial charge in [0.2, 0.25) is 0 Å². The van der Waals surface area contributed by atoms with Crippen molar-refractivity contribution in [2.24, 2.45) is 0 Å². The Hall–Kier alpha value is -0.0800. The molecule has 1 heterocycles. The molecule has 0 aromatic carbocycles. The van der Waals surface area contributed by atoms with Crippen molar-refractivity contribution in [3.8, 4) is 0 Å². The van der Waals surface area contributed by atoms with Gasteiger partial charge in [-0.25, -0.2) is 4.98 Å². The van der Waals surface area contributed by atoms with Crippen molar-refractivity contribution in [2.75, 3.05) is 0 Å². The molecule has 0 saturated carbocycles. The maximum Gasteiger partial charge on any atom is 0.143 e. The molecule has 1 aromatic rings. The minimum atomic E-state index is 0.541. The number of hydrogen-bond acceptors (Lipinski definition) is 1. The Kier molecular flexibility index (Phi) is 2.69. The summed E-state index contributed by atoms with van der Waals surface area (Å²) in [6.07, 6.45) is 2.69. The van der Waals surface area contributed by atoms with Gasteiger partial charge >= 0.3 is 0 Å². The first-order chi connectivity index (χ1) is 4.75. The lowest BCUT2D eigenvalue weighted by Crippen LogP contribution is -1.84. The molecule has 0 fully saturated rings. The van der Waals surface area contributed by atoms with E-state index >= 15 is 0 Å². The fourth-order valence-corrected chi connectivity index (χ4v) is 1.42. The van der Waals surface area contributed by atoms with Crippen LogP contribution < -0.4 is 0 Å². The van der Waals surface area contributed by atoms with E-state index in [0.29, 0.717) is 5.15 Å². The SMILES string of the molecule is CCc1ccnc(Cl)c1Br. The third kappa shape index (κ3) is 1.50. The first kappa shape index (κ1) is 8.02. The van der Waals surface area contributed by atoms with Crippen LogP contribution in [-0.2, 0) is 6.42 Å². The lowest BCUT2D eigenvalue weighted by atomic mass is 10.2. The molecule has 1 rings (SSSR count). The van der Waals surface area contributed by atoms with Crippen LogP contribution in [0.25, 0.3) is 0 Å². The molecule has 0 N–H and O–H groups in total. The van der Waals surface area contributed by atoms with Gasteiger partial charge in [-0.2, -0.15) is 0 Å². The molecule has 10 heavy (non-hydrogen) atoms. The van der Waals surface area contributed by atoms with E-state index < -0.39 is 0 Å². The molecule has 0 spiro atoms. The Morgan fingerprint density at radius 1 is 1.70 bits per heavy atom. The van der Waals surface area contributed by atoms with E-state index in [1.165, 1.54) is 5.56 Å². The molecule has 0 amide bonds. The summed E-state index contributed by atoms with van der Waals surface area (Å²) in [4.78, 5) is 3.91. The fraction of sp³-hybridized carbons (Fsp3) is 0.286. The van der Waals surface area contributed by atoms with E-state index in [1.807, 2.05) is 6.07 Å². The zero-order valence-corrected chi connectivity index (χ0v) is 7.91. The van der Waals surface area contributed by atoms with Crippen LogP contribution in [0.5, 0.6) is 0 Å². The molecular formula is C7H7BrClN. The second kappa shape index (κ2) is 3.35. The van der Waals surface area contributed by atoms with Crippen LogP contribution in [0.4, 0.5) is 0 Å². The van der Waals surface area contributed by atoms with Crippen molar-refractivity contribution < 1.29 is 0 Å². The Bertz CT molecular complexity index is 237. The van der Waals surface area contributed by atoms with Crippen LogP contribution in [0.15, 0.2) is 16.7 Å². The zero-order valence-electron chi connectivity index (χ0n) is 5.56. The highest BCUT2D eigenvalue weighted by Gasteiger charge is 2.00. The summed E-state index contributed by atoms with van der Waals surface area (Å²) in [6.45, 7) is 2.08. The van der Waals surface area contributed by atoms with Gasteiger partial charge in [-0.15, -0.1) is 0 Å². The summed E-state index contributed by atoms with van der Waals surface area (Å²) in [5.41, 5.74) is 1.19. The normalized spacial score (nSPS) is 9.90. The first-order valence-electron chi connectivity index (χ1n) is 3.04. The van der Waals surface area contributed by atoms with E-state index in [-0.39, 0.29) is 0 Å². The third-order valence-electron chi connectivity index (χ3n) is 1.31. The summed E-state index contributed by atoms with van der Waals surface area (Å²) in [6, 6.07) is 1.95. The standard InChI is InChI=1S/C7H7BrClN/c1-2-5-3-4-10-7(9)6(5)8/h3-4H,2H2,1H3.